The summed E-state index contributed by atoms with van der Waals surface area (Å²) in [6, 6.07) is 0. The molecular formula is C66H104O6. The van der Waals surface area contributed by atoms with Gasteiger partial charge >= 0.3 is 17.9 Å². The van der Waals surface area contributed by atoms with E-state index in [9.17, 15) is 14.4 Å². The van der Waals surface area contributed by atoms with Gasteiger partial charge < -0.3 is 14.2 Å². The lowest BCUT2D eigenvalue weighted by atomic mass is 10.1. The minimum atomic E-state index is -0.809. The Morgan fingerprint density at radius 3 is 0.875 bits per heavy atom. The van der Waals surface area contributed by atoms with Crippen LogP contribution in [0.25, 0.3) is 0 Å². The zero-order chi connectivity index (χ0) is 52.2. The summed E-state index contributed by atoms with van der Waals surface area (Å²) in [5, 5.41) is 0. The van der Waals surface area contributed by atoms with E-state index in [4.69, 9.17) is 14.2 Å². The zero-order valence-corrected chi connectivity index (χ0v) is 46.1. The lowest BCUT2D eigenvalue weighted by Gasteiger charge is -2.18. The summed E-state index contributed by atoms with van der Waals surface area (Å²) in [6.45, 7) is 6.29. The molecule has 72 heavy (non-hydrogen) atoms. The molecule has 0 aliphatic rings. The van der Waals surface area contributed by atoms with Crippen LogP contribution in [-0.2, 0) is 28.6 Å². The van der Waals surface area contributed by atoms with Crippen LogP contribution in [0.4, 0.5) is 0 Å². The average molecular weight is 994 g/mol. The van der Waals surface area contributed by atoms with Crippen LogP contribution in [0.1, 0.15) is 233 Å². The van der Waals surface area contributed by atoms with Crippen LogP contribution in [0.5, 0.6) is 0 Å². The Balaban J connectivity index is 4.43. The molecule has 0 aromatic heterocycles. The predicted molar refractivity (Wildman–Crippen MR) is 311 cm³/mol. The third-order valence-corrected chi connectivity index (χ3v) is 11.5. The second kappa shape index (κ2) is 58.9. The number of hydrogen-bond donors (Lipinski definition) is 0. The van der Waals surface area contributed by atoms with Crippen molar-refractivity contribution in [2.45, 2.75) is 239 Å². The zero-order valence-electron chi connectivity index (χ0n) is 46.1. The molecule has 0 radical (unpaired) electrons. The van der Waals surface area contributed by atoms with E-state index in [1.807, 2.05) is 0 Å². The quantitative estimate of drug-likeness (QED) is 0.0261. The van der Waals surface area contributed by atoms with E-state index < -0.39 is 6.10 Å². The molecular weight excluding hydrogens is 889 g/mol. The first-order valence-electron chi connectivity index (χ1n) is 28.8. The first kappa shape index (κ1) is 67.3. The van der Waals surface area contributed by atoms with Crippen molar-refractivity contribution in [3.8, 4) is 0 Å². The van der Waals surface area contributed by atoms with Gasteiger partial charge in [-0.1, -0.05) is 224 Å². The van der Waals surface area contributed by atoms with Crippen LogP contribution >= 0.6 is 0 Å². The van der Waals surface area contributed by atoms with Gasteiger partial charge in [-0.2, -0.15) is 0 Å². The smallest absolute Gasteiger partial charge is 0.306 e. The van der Waals surface area contributed by atoms with Crippen molar-refractivity contribution in [3.63, 3.8) is 0 Å². The largest absolute Gasteiger partial charge is 0.462 e. The van der Waals surface area contributed by atoms with Crippen molar-refractivity contribution in [1.82, 2.24) is 0 Å². The number of esters is 3. The van der Waals surface area contributed by atoms with Crippen molar-refractivity contribution >= 4 is 17.9 Å². The molecule has 0 aromatic carbocycles. The van der Waals surface area contributed by atoms with Crippen molar-refractivity contribution in [2.75, 3.05) is 13.2 Å². The van der Waals surface area contributed by atoms with Crippen LogP contribution in [0.15, 0.2) is 146 Å². The molecule has 6 nitrogen and oxygen atoms in total. The van der Waals surface area contributed by atoms with Gasteiger partial charge in [0, 0.05) is 19.3 Å². The Kier molecular flexibility index (Phi) is 55.0. The van der Waals surface area contributed by atoms with Crippen LogP contribution in [0.2, 0.25) is 0 Å². The third kappa shape index (κ3) is 56.2. The van der Waals surface area contributed by atoms with Crippen molar-refractivity contribution in [1.29, 1.82) is 0 Å². The lowest BCUT2D eigenvalue weighted by molar-refractivity contribution is -0.167. The summed E-state index contributed by atoms with van der Waals surface area (Å²) in [6.07, 6.45) is 84.1. The molecule has 0 rings (SSSR count). The second-order valence-corrected chi connectivity index (χ2v) is 18.4. The molecule has 0 bridgehead atoms. The van der Waals surface area contributed by atoms with Crippen LogP contribution in [0, 0.1) is 0 Å². The van der Waals surface area contributed by atoms with Gasteiger partial charge in [0.05, 0.1) is 0 Å². The number of allylic oxidation sites excluding steroid dienone is 24. The first-order chi connectivity index (χ1) is 35.5. The average Bonchev–Trinajstić information content (AvgIpc) is 3.38. The summed E-state index contributed by atoms with van der Waals surface area (Å²) in [5.74, 6) is -0.971. The van der Waals surface area contributed by atoms with E-state index in [2.05, 4.69) is 167 Å². The summed E-state index contributed by atoms with van der Waals surface area (Å²) in [5.41, 5.74) is 0. The molecule has 0 heterocycles. The Labute approximate surface area is 442 Å². The molecule has 6 heteroatoms. The monoisotopic (exact) mass is 993 g/mol. The minimum Gasteiger partial charge on any atom is -0.462 e. The first-order valence-corrected chi connectivity index (χ1v) is 28.8. The Morgan fingerprint density at radius 1 is 0.292 bits per heavy atom. The predicted octanol–water partition coefficient (Wildman–Crippen LogP) is 19.6. The normalized spacial score (nSPS) is 13.2. The molecule has 0 aliphatic heterocycles. The van der Waals surface area contributed by atoms with Gasteiger partial charge in [-0.25, -0.2) is 0 Å². The van der Waals surface area contributed by atoms with Gasteiger partial charge in [-0.3, -0.25) is 14.4 Å². The van der Waals surface area contributed by atoms with Crippen LogP contribution < -0.4 is 0 Å². The Morgan fingerprint density at radius 2 is 0.542 bits per heavy atom. The molecule has 0 aliphatic carbocycles. The SMILES string of the molecule is CC/C=C\C/C=C\C/C=C\C/C=C\C/C=C\C/C=C\C/C=C\CCCCCC(=O)OCC(COC(=O)CCCCCCC/C=C\CCC)OC(=O)CCCCCCCC/C=C\C/C=C\C/C=C\C/C=C\CC. The maximum absolute atomic E-state index is 12.8. The fourth-order valence-corrected chi connectivity index (χ4v) is 7.30. The molecule has 0 saturated heterocycles. The number of carbonyl (C=O) groups excluding carboxylic acids is 3. The fraction of sp³-hybridized carbons (Fsp3) is 0.591. The van der Waals surface area contributed by atoms with Crippen molar-refractivity contribution in [3.05, 3.63) is 146 Å². The molecule has 404 valence electrons. The van der Waals surface area contributed by atoms with E-state index >= 15 is 0 Å². The van der Waals surface area contributed by atoms with Gasteiger partial charge in [0.15, 0.2) is 6.10 Å². The van der Waals surface area contributed by atoms with Gasteiger partial charge in [-0.15, -0.1) is 0 Å². The summed E-state index contributed by atoms with van der Waals surface area (Å²) in [7, 11) is 0. The van der Waals surface area contributed by atoms with Gasteiger partial charge in [0.25, 0.3) is 0 Å². The van der Waals surface area contributed by atoms with Crippen molar-refractivity contribution < 1.29 is 28.6 Å². The number of carbonyl (C=O) groups is 3. The molecule has 1 atom stereocenters. The standard InChI is InChI=1S/C66H104O6/c1-4-7-10-13-16-19-22-24-26-28-30-31-32-33-34-35-37-38-40-42-44-47-50-53-56-59-65(68)71-62-63(61-70-64(67)58-55-52-49-46-21-18-15-12-9-6-3)72-66(69)60-57-54-51-48-45-43-41-39-36-29-27-25-23-20-17-14-11-8-5-2/h7-8,10-12,15-17,19-20,24-27,30-31,33-34,36-39,42,44,63H,4-6,9,13-14,18,21-23,28-29,32,35,40-41,43,45-62H2,1-3H3/b10-7-,11-8-,15-12-,19-16-,20-17-,26-24-,27-25-,31-30-,34-33-,38-37-,39-36-,44-42-. The molecule has 0 amide bonds. The van der Waals surface area contributed by atoms with Gasteiger partial charge in [0.2, 0.25) is 0 Å². The number of ether oxygens (including phenoxy) is 3. The summed E-state index contributed by atoms with van der Waals surface area (Å²) < 4.78 is 16.8. The minimum absolute atomic E-state index is 0.105. The van der Waals surface area contributed by atoms with Crippen LogP contribution in [-0.4, -0.2) is 37.2 Å². The van der Waals surface area contributed by atoms with E-state index in [1.54, 1.807) is 0 Å². The molecule has 0 N–H and O–H groups in total. The van der Waals surface area contributed by atoms with E-state index in [1.165, 1.54) is 25.7 Å². The second-order valence-electron chi connectivity index (χ2n) is 18.4. The molecule has 0 fully saturated rings. The highest BCUT2D eigenvalue weighted by atomic mass is 16.6. The number of unbranched alkanes of at least 4 members (excludes halogenated alkanes) is 15. The summed E-state index contributed by atoms with van der Waals surface area (Å²) >= 11 is 0. The number of rotatable bonds is 50. The van der Waals surface area contributed by atoms with E-state index in [0.29, 0.717) is 19.3 Å². The fourth-order valence-electron chi connectivity index (χ4n) is 7.30. The topological polar surface area (TPSA) is 78.9 Å². The molecule has 1 unspecified atom stereocenters. The maximum atomic E-state index is 12.8. The lowest BCUT2D eigenvalue weighted by Crippen LogP contribution is -2.30. The maximum Gasteiger partial charge on any atom is 0.306 e. The highest BCUT2D eigenvalue weighted by Gasteiger charge is 2.19. The van der Waals surface area contributed by atoms with Crippen molar-refractivity contribution in [2.24, 2.45) is 0 Å². The Bertz CT molecular complexity index is 1610. The van der Waals surface area contributed by atoms with Gasteiger partial charge in [0.1, 0.15) is 13.2 Å². The highest BCUT2D eigenvalue weighted by molar-refractivity contribution is 5.71. The Hall–Kier alpha value is -4.71. The molecule has 0 saturated carbocycles. The third-order valence-electron chi connectivity index (χ3n) is 11.5. The van der Waals surface area contributed by atoms with Gasteiger partial charge in [-0.05, 0) is 135 Å². The summed E-state index contributed by atoms with van der Waals surface area (Å²) in [4.78, 5) is 38.1. The molecule has 0 spiro atoms. The van der Waals surface area contributed by atoms with E-state index in [0.717, 1.165) is 167 Å². The molecule has 0 aromatic rings. The van der Waals surface area contributed by atoms with Crippen LogP contribution in [0.3, 0.4) is 0 Å². The number of hydrogen-bond acceptors (Lipinski definition) is 6. The highest BCUT2D eigenvalue weighted by Crippen LogP contribution is 2.13. The van der Waals surface area contributed by atoms with E-state index in [-0.39, 0.29) is 31.1 Å².